The molecule has 0 amide bonds. The number of rotatable bonds is 3. The minimum atomic E-state index is 0.212. The Kier molecular flexibility index (Phi) is 3.65. The molecule has 23 heavy (non-hydrogen) atoms. The summed E-state index contributed by atoms with van der Waals surface area (Å²) in [5.41, 5.74) is 2.24. The first kappa shape index (κ1) is 14.5. The molecule has 0 radical (unpaired) electrons. The Labute approximate surface area is 139 Å². The summed E-state index contributed by atoms with van der Waals surface area (Å²) in [4.78, 5) is 15.9. The summed E-state index contributed by atoms with van der Waals surface area (Å²) in [6, 6.07) is 8.52. The maximum Gasteiger partial charge on any atom is 0.225 e. The molecule has 0 bridgehead atoms. The summed E-state index contributed by atoms with van der Waals surface area (Å²) in [7, 11) is 0. The number of halogens is 1. The van der Waals surface area contributed by atoms with Gasteiger partial charge in [-0.3, -0.25) is 0 Å². The third-order valence-corrected chi connectivity index (χ3v) is 4.61. The van der Waals surface area contributed by atoms with Crippen LogP contribution in [0, 0.1) is 0 Å². The number of imidazole rings is 1. The van der Waals surface area contributed by atoms with Gasteiger partial charge in [0.15, 0.2) is 0 Å². The van der Waals surface area contributed by atoms with E-state index in [1.165, 1.54) is 5.52 Å². The summed E-state index contributed by atoms with van der Waals surface area (Å²) in [5.74, 6) is 1.83. The summed E-state index contributed by atoms with van der Waals surface area (Å²) in [6.45, 7) is 4.01. The SMILES string of the molecule is CCn1c([C@H]2CCCN2c2ncc(Cl)cn2)nc2ccccc21. The van der Waals surface area contributed by atoms with E-state index in [0.717, 1.165) is 43.2 Å². The summed E-state index contributed by atoms with van der Waals surface area (Å²) in [6.07, 6.45) is 5.49. The fourth-order valence-electron chi connectivity index (χ4n) is 3.41. The van der Waals surface area contributed by atoms with Crippen LogP contribution >= 0.6 is 11.6 Å². The average molecular weight is 328 g/mol. The molecule has 0 N–H and O–H groups in total. The first-order valence-electron chi connectivity index (χ1n) is 7.97. The highest BCUT2D eigenvalue weighted by Gasteiger charge is 2.31. The minimum absolute atomic E-state index is 0.212. The maximum absolute atomic E-state index is 5.91. The van der Waals surface area contributed by atoms with Crippen molar-refractivity contribution >= 4 is 28.6 Å². The van der Waals surface area contributed by atoms with Crippen LogP contribution in [0.4, 0.5) is 5.95 Å². The van der Waals surface area contributed by atoms with Crippen molar-refractivity contribution in [2.75, 3.05) is 11.4 Å². The highest BCUT2D eigenvalue weighted by atomic mass is 35.5. The molecule has 1 aromatic carbocycles. The fourth-order valence-corrected chi connectivity index (χ4v) is 3.51. The standard InChI is InChI=1S/C17H18ClN5/c1-2-22-14-7-4-3-6-13(14)21-16(22)15-8-5-9-23(15)17-19-10-12(18)11-20-17/h3-4,6-7,10-11,15H,2,5,8-9H2,1H3/t15-/m1/s1. The number of benzene rings is 1. The average Bonchev–Trinajstić information content (AvgIpc) is 3.19. The lowest BCUT2D eigenvalue weighted by Gasteiger charge is -2.24. The normalized spacial score (nSPS) is 18.0. The van der Waals surface area contributed by atoms with Gasteiger partial charge in [-0.15, -0.1) is 0 Å². The van der Waals surface area contributed by atoms with Crippen LogP contribution < -0.4 is 4.90 Å². The molecule has 118 valence electrons. The van der Waals surface area contributed by atoms with E-state index in [4.69, 9.17) is 16.6 Å². The lowest BCUT2D eigenvalue weighted by atomic mass is 10.2. The molecule has 4 rings (SSSR count). The zero-order chi connectivity index (χ0) is 15.8. The number of aromatic nitrogens is 4. The molecule has 5 nitrogen and oxygen atoms in total. The van der Waals surface area contributed by atoms with Crippen molar-refractivity contribution in [1.29, 1.82) is 0 Å². The van der Waals surface area contributed by atoms with E-state index in [2.05, 4.69) is 44.6 Å². The number of aryl methyl sites for hydroxylation is 1. The molecule has 3 heterocycles. The van der Waals surface area contributed by atoms with E-state index >= 15 is 0 Å². The second kappa shape index (κ2) is 5.81. The molecule has 2 aromatic heterocycles. The van der Waals surface area contributed by atoms with Crippen molar-refractivity contribution in [3.8, 4) is 0 Å². The number of hydrogen-bond acceptors (Lipinski definition) is 4. The van der Waals surface area contributed by atoms with E-state index in [1.54, 1.807) is 12.4 Å². The van der Waals surface area contributed by atoms with Crippen molar-refractivity contribution < 1.29 is 0 Å². The number of fused-ring (bicyclic) bond motifs is 1. The zero-order valence-electron chi connectivity index (χ0n) is 13.0. The van der Waals surface area contributed by atoms with Gasteiger partial charge in [0.25, 0.3) is 0 Å². The molecule has 3 aromatic rings. The smallest absolute Gasteiger partial charge is 0.225 e. The van der Waals surface area contributed by atoms with Crippen molar-refractivity contribution in [3.05, 3.63) is 47.5 Å². The van der Waals surface area contributed by atoms with E-state index in [9.17, 15) is 0 Å². The number of hydrogen-bond donors (Lipinski definition) is 0. The minimum Gasteiger partial charge on any atom is -0.331 e. The fraction of sp³-hybridized carbons (Fsp3) is 0.353. The van der Waals surface area contributed by atoms with Gasteiger partial charge in [-0.25, -0.2) is 15.0 Å². The van der Waals surface area contributed by atoms with Gasteiger partial charge < -0.3 is 9.47 Å². The summed E-state index contributed by atoms with van der Waals surface area (Å²) in [5, 5.41) is 0.560. The molecule has 0 saturated carbocycles. The molecule has 0 spiro atoms. The lowest BCUT2D eigenvalue weighted by molar-refractivity contribution is 0.602. The van der Waals surface area contributed by atoms with Crippen LogP contribution in [-0.2, 0) is 6.54 Å². The van der Waals surface area contributed by atoms with Gasteiger partial charge >= 0.3 is 0 Å². The van der Waals surface area contributed by atoms with Crippen LogP contribution in [0.5, 0.6) is 0 Å². The predicted octanol–water partition coefficient (Wildman–Crippen LogP) is 3.84. The molecule has 1 fully saturated rings. The summed E-state index contributed by atoms with van der Waals surface area (Å²) >= 11 is 5.91. The maximum atomic E-state index is 5.91. The Morgan fingerprint density at radius 2 is 2.00 bits per heavy atom. The second-order valence-corrected chi connectivity index (χ2v) is 6.19. The van der Waals surface area contributed by atoms with Crippen LogP contribution in [0.2, 0.25) is 5.02 Å². The molecule has 1 atom stereocenters. The van der Waals surface area contributed by atoms with E-state index in [-0.39, 0.29) is 6.04 Å². The van der Waals surface area contributed by atoms with Crippen LogP contribution in [0.3, 0.4) is 0 Å². The van der Waals surface area contributed by atoms with Gasteiger partial charge in [0.1, 0.15) is 5.82 Å². The van der Waals surface area contributed by atoms with Gasteiger partial charge in [-0.1, -0.05) is 23.7 Å². The topological polar surface area (TPSA) is 46.8 Å². The Morgan fingerprint density at radius 1 is 1.22 bits per heavy atom. The highest BCUT2D eigenvalue weighted by molar-refractivity contribution is 6.30. The van der Waals surface area contributed by atoms with E-state index in [0.29, 0.717) is 5.02 Å². The van der Waals surface area contributed by atoms with E-state index < -0.39 is 0 Å². The Balaban J connectivity index is 1.78. The molecule has 6 heteroatoms. The van der Waals surface area contributed by atoms with E-state index in [1.807, 2.05) is 6.07 Å². The van der Waals surface area contributed by atoms with Crippen LogP contribution in [0.15, 0.2) is 36.7 Å². The first-order valence-corrected chi connectivity index (χ1v) is 8.35. The van der Waals surface area contributed by atoms with Crippen molar-refractivity contribution in [1.82, 2.24) is 19.5 Å². The molecular formula is C17H18ClN5. The largest absolute Gasteiger partial charge is 0.331 e. The number of nitrogens with zero attached hydrogens (tertiary/aromatic N) is 5. The highest BCUT2D eigenvalue weighted by Crippen LogP contribution is 2.35. The monoisotopic (exact) mass is 327 g/mol. The lowest BCUT2D eigenvalue weighted by Crippen LogP contribution is -2.26. The molecule has 1 aliphatic rings. The summed E-state index contributed by atoms with van der Waals surface area (Å²) < 4.78 is 2.30. The van der Waals surface area contributed by atoms with Crippen molar-refractivity contribution in [3.63, 3.8) is 0 Å². The third-order valence-electron chi connectivity index (χ3n) is 4.41. The molecule has 1 aliphatic heterocycles. The zero-order valence-corrected chi connectivity index (χ0v) is 13.7. The Hall–Kier alpha value is -2.14. The number of para-hydroxylation sites is 2. The van der Waals surface area contributed by atoms with Crippen LogP contribution in [-0.4, -0.2) is 26.1 Å². The van der Waals surface area contributed by atoms with Crippen molar-refractivity contribution in [2.24, 2.45) is 0 Å². The quantitative estimate of drug-likeness (QED) is 0.733. The van der Waals surface area contributed by atoms with Crippen molar-refractivity contribution in [2.45, 2.75) is 32.4 Å². The van der Waals surface area contributed by atoms with Gasteiger partial charge in [0.2, 0.25) is 5.95 Å². The molecule has 1 saturated heterocycles. The second-order valence-electron chi connectivity index (χ2n) is 5.76. The first-order chi connectivity index (χ1) is 11.3. The predicted molar refractivity (Wildman–Crippen MR) is 91.8 cm³/mol. The molecule has 0 unspecified atom stereocenters. The molecule has 0 aliphatic carbocycles. The van der Waals surface area contributed by atoms with Crippen LogP contribution in [0.1, 0.15) is 31.6 Å². The Bertz CT molecular complexity index is 827. The number of anilines is 1. The Morgan fingerprint density at radius 3 is 2.78 bits per heavy atom. The van der Waals surface area contributed by atoms with Crippen LogP contribution in [0.25, 0.3) is 11.0 Å². The molecular weight excluding hydrogens is 310 g/mol. The third kappa shape index (κ3) is 2.45. The van der Waals surface area contributed by atoms with Gasteiger partial charge in [0, 0.05) is 13.1 Å². The van der Waals surface area contributed by atoms with Gasteiger partial charge in [-0.05, 0) is 31.9 Å². The van der Waals surface area contributed by atoms with Gasteiger partial charge in [0.05, 0.1) is 34.5 Å². The van der Waals surface area contributed by atoms with Gasteiger partial charge in [-0.2, -0.15) is 0 Å².